The van der Waals surface area contributed by atoms with E-state index in [1.807, 2.05) is 11.8 Å². The van der Waals surface area contributed by atoms with Gasteiger partial charge in [-0.2, -0.15) is 11.8 Å². The summed E-state index contributed by atoms with van der Waals surface area (Å²) >= 11 is 2.02. The lowest BCUT2D eigenvalue weighted by Crippen LogP contribution is -2.43. The number of fused-ring (bicyclic) bond motifs is 1. The van der Waals surface area contributed by atoms with E-state index in [1.54, 1.807) is 0 Å². The van der Waals surface area contributed by atoms with Crippen molar-refractivity contribution in [3.05, 3.63) is 35.4 Å². The van der Waals surface area contributed by atoms with Crippen LogP contribution >= 0.6 is 11.8 Å². The molecule has 0 aliphatic carbocycles. The lowest BCUT2D eigenvalue weighted by Gasteiger charge is -2.35. The first kappa shape index (κ1) is 13.9. The van der Waals surface area contributed by atoms with Gasteiger partial charge in [0.2, 0.25) is 0 Å². The highest BCUT2D eigenvalue weighted by Crippen LogP contribution is 2.21. The third-order valence-electron chi connectivity index (χ3n) is 3.75. The average molecular weight is 264 g/mol. The highest BCUT2D eigenvalue weighted by Gasteiger charge is 2.21. The summed E-state index contributed by atoms with van der Waals surface area (Å²) in [5.41, 5.74) is 8.97. The van der Waals surface area contributed by atoms with Crippen LogP contribution in [0.4, 0.5) is 0 Å². The summed E-state index contributed by atoms with van der Waals surface area (Å²) in [6.45, 7) is 5.25. The first-order valence-electron chi connectivity index (χ1n) is 6.93. The standard InChI is InChI=1S/C15H24N2S/c1-2-18-10-8-15(11-16)17-9-7-13-5-3-4-6-14(13)12-17/h3-6,15H,2,7-12,16H2,1H3. The molecule has 0 bridgehead atoms. The van der Waals surface area contributed by atoms with Crippen molar-refractivity contribution in [3.8, 4) is 0 Å². The zero-order chi connectivity index (χ0) is 12.8. The van der Waals surface area contributed by atoms with Crippen molar-refractivity contribution in [3.63, 3.8) is 0 Å². The molecule has 2 nitrogen and oxygen atoms in total. The number of hydrogen-bond acceptors (Lipinski definition) is 3. The van der Waals surface area contributed by atoms with Crippen LogP contribution in [0.5, 0.6) is 0 Å². The van der Waals surface area contributed by atoms with Gasteiger partial charge in [0.25, 0.3) is 0 Å². The lowest BCUT2D eigenvalue weighted by molar-refractivity contribution is 0.179. The van der Waals surface area contributed by atoms with Crippen LogP contribution in [-0.4, -0.2) is 35.5 Å². The molecule has 0 radical (unpaired) electrons. The summed E-state index contributed by atoms with van der Waals surface area (Å²) in [6, 6.07) is 9.37. The molecule has 2 N–H and O–H groups in total. The number of benzene rings is 1. The smallest absolute Gasteiger partial charge is 0.0240 e. The summed E-state index contributed by atoms with van der Waals surface area (Å²) in [4.78, 5) is 2.57. The van der Waals surface area contributed by atoms with Crippen molar-refractivity contribution < 1.29 is 0 Å². The molecule has 0 saturated heterocycles. The Morgan fingerprint density at radius 2 is 2.11 bits per heavy atom. The van der Waals surface area contributed by atoms with Crippen molar-refractivity contribution >= 4 is 11.8 Å². The van der Waals surface area contributed by atoms with Crippen molar-refractivity contribution in [1.82, 2.24) is 4.90 Å². The zero-order valence-corrected chi connectivity index (χ0v) is 12.1. The molecule has 0 spiro atoms. The predicted molar refractivity (Wildman–Crippen MR) is 81.0 cm³/mol. The number of rotatable bonds is 6. The molecule has 1 unspecified atom stereocenters. The molecular formula is C15H24N2S. The minimum absolute atomic E-state index is 0.553. The van der Waals surface area contributed by atoms with E-state index in [0.29, 0.717) is 6.04 Å². The predicted octanol–water partition coefficient (Wildman–Crippen LogP) is 2.52. The van der Waals surface area contributed by atoms with Gasteiger partial charge in [-0.05, 0) is 35.5 Å². The van der Waals surface area contributed by atoms with Crippen LogP contribution in [0.15, 0.2) is 24.3 Å². The van der Waals surface area contributed by atoms with Crippen LogP contribution in [0.25, 0.3) is 0 Å². The van der Waals surface area contributed by atoms with E-state index in [-0.39, 0.29) is 0 Å². The molecule has 0 saturated carbocycles. The summed E-state index contributed by atoms with van der Waals surface area (Å²) in [6.07, 6.45) is 2.39. The molecule has 1 aliphatic heterocycles. The molecule has 0 aromatic heterocycles. The monoisotopic (exact) mass is 264 g/mol. The quantitative estimate of drug-likeness (QED) is 0.801. The van der Waals surface area contributed by atoms with Crippen LogP contribution in [0.3, 0.4) is 0 Å². The topological polar surface area (TPSA) is 29.3 Å². The largest absolute Gasteiger partial charge is 0.329 e. The molecule has 1 heterocycles. The van der Waals surface area contributed by atoms with Gasteiger partial charge in [-0.3, -0.25) is 4.90 Å². The second kappa shape index (κ2) is 7.17. The molecule has 0 fully saturated rings. The normalized spacial score (nSPS) is 17.4. The molecule has 1 aromatic carbocycles. The van der Waals surface area contributed by atoms with Gasteiger partial charge in [0.15, 0.2) is 0 Å². The molecule has 0 amide bonds. The van der Waals surface area contributed by atoms with Gasteiger partial charge >= 0.3 is 0 Å². The number of thioether (sulfide) groups is 1. The van der Waals surface area contributed by atoms with E-state index >= 15 is 0 Å². The van der Waals surface area contributed by atoms with Crippen molar-refractivity contribution in [2.45, 2.75) is 32.4 Å². The Balaban J connectivity index is 1.93. The van der Waals surface area contributed by atoms with Crippen LogP contribution in [-0.2, 0) is 13.0 Å². The van der Waals surface area contributed by atoms with Gasteiger partial charge in [-0.25, -0.2) is 0 Å². The second-order valence-corrected chi connectivity index (χ2v) is 6.26. The first-order chi connectivity index (χ1) is 8.85. The highest BCUT2D eigenvalue weighted by molar-refractivity contribution is 7.99. The van der Waals surface area contributed by atoms with Gasteiger partial charge in [-0.1, -0.05) is 31.2 Å². The SMILES string of the molecule is CCSCCC(CN)N1CCc2ccccc2C1. The van der Waals surface area contributed by atoms with E-state index in [0.717, 1.165) is 19.6 Å². The first-order valence-corrected chi connectivity index (χ1v) is 8.09. The van der Waals surface area contributed by atoms with Crippen LogP contribution < -0.4 is 5.73 Å². The van der Waals surface area contributed by atoms with Gasteiger partial charge in [0.05, 0.1) is 0 Å². The zero-order valence-electron chi connectivity index (χ0n) is 11.3. The maximum absolute atomic E-state index is 5.95. The van der Waals surface area contributed by atoms with E-state index < -0.39 is 0 Å². The van der Waals surface area contributed by atoms with Gasteiger partial charge in [0.1, 0.15) is 0 Å². The fourth-order valence-corrected chi connectivity index (χ4v) is 3.37. The minimum Gasteiger partial charge on any atom is -0.329 e. The van der Waals surface area contributed by atoms with E-state index in [1.165, 1.54) is 35.5 Å². The molecule has 3 heteroatoms. The molecule has 1 aromatic rings. The molecule has 2 rings (SSSR count). The third kappa shape index (κ3) is 3.50. The number of nitrogens with zero attached hydrogens (tertiary/aromatic N) is 1. The summed E-state index contributed by atoms with van der Waals surface area (Å²) < 4.78 is 0. The van der Waals surface area contributed by atoms with Crippen molar-refractivity contribution in [1.29, 1.82) is 0 Å². The second-order valence-electron chi connectivity index (χ2n) is 4.86. The highest BCUT2D eigenvalue weighted by atomic mass is 32.2. The van der Waals surface area contributed by atoms with Crippen LogP contribution in [0.2, 0.25) is 0 Å². The summed E-state index contributed by atoms with van der Waals surface area (Å²) in [5, 5.41) is 0. The summed E-state index contributed by atoms with van der Waals surface area (Å²) in [7, 11) is 0. The Bertz CT molecular complexity index is 367. The average Bonchev–Trinajstić information content (AvgIpc) is 2.43. The van der Waals surface area contributed by atoms with Crippen molar-refractivity contribution in [2.75, 3.05) is 24.6 Å². The molecule has 1 aliphatic rings. The minimum atomic E-state index is 0.553. The molecular weight excluding hydrogens is 240 g/mol. The van der Waals surface area contributed by atoms with E-state index in [4.69, 9.17) is 5.73 Å². The maximum Gasteiger partial charge on any atom is 0.0240 e. The molecule has 100 valence electrons. The Morgan fingerprint density at radius 3 is 2.83 bits per heavy atom. The van der Waals surface area contributed by atoms with Crippen molar-refractivity contribution in [2.24, 2.45) is 5.73 Å². The fourth-order valence-electron chi connectivity index (χ4n) is 2.64. The molecule has 18 heavy (non-hydrogen) atoms. The Morgan fingerprint density at radius 1 is 1.33 bits per heavy atom. The maximum atomic E-state index is 5.95. The van der Waals surface area contributed by atoms with Gasteiger partial charge < -0.3 is 5.73 Å². The van der Waals surface area contributed by atoms with Crippen LogP contribution in [0, 0.1) is 0 Å². The third-order valence-corrected chi connectivity index (χ3v) is 4.68. The van der Waals surface area contributed by atoms with Gasteiger partial charge in [-0.15, -0.1) is 0 Å². The summed E-state index contributed by atoms with van der Waals surface area (Å²) in [5.74, 6) is 2.44. The Labute approximate surface area is 115 Å². The van der Waals surface area contributed by atoms with Crippen LogP contribution in [0.1, 0.15) is 24.5 Å². The fraction of sp³-hybridized carbons (Fsp3) is 0.600. The number of nitrogens with two attached hydrogens (primary N) is 1. The Kier molecular flexibility index (Phi) is 5.54. The lowest BCUT2D eigenvalue weighted by atomic mass is 9.98. The van der Waals surface area contributed by atoms with E-state index in [9.17, 15) is 0 Å². The van der Waals surface area contributed by atoms with Gasteiger partial charge in [0, 0.05) is 25.7 Å². The number of hydrogen-bond donors (Lipinski definition) is 1. The molecule has 1 atom stereocenters. The Hall–Kier alpha value is -0.510. The van der Waals surface area contributed by atoms with E-state index in [2.05, 4.69) is 36.1 Å².